The molecular weight excluding hydrogens is 408 g/mol. The van der Waals surface area contributed by atoms with Crippen LogP contribution in [0, 0.1) is 23.5 Å². The molecule has 1 aromatic rings. The molecule has 3 fully saturated rings. The van der Waals surface area contributed by atoms with Crippen LogP contribution in [0.3, 0.4) is 0 Å². The van der Waals surface area contributed by atoms with Gasteiger partial charge in [0.25, 0.3) is 0 Å². The van der Waals surface area contributed by atoms with Crippen LogP contribution < -0.4 is 5.73 Å². The molecule has 0 saturated carbocycles. The highest BCUT2D eigenvalue weighted by atomic mass is 32.2. The molecule has 0 spiro atoms. The standard InChI is InChI=1S/C18H21F2N3O5S/c1-29(26,27)23-17(24)12-6-22(7-13(12)18(23)25)10-5-15(21)16(28-8-10)11-4-9(19)2-3-14(11)20/h2-4,10,12-13,15-16H,5-8,21H2,1H3/t10-,12?,13?,15+,16-/m1/s1. The minimum atomic E-state index is -3.93. The molecule has 0 aromatic heterocycles. The van der Waals surface area contributed by atoms with E-state index in [1.54, 1.807) is 0 Å². The van der Waals surface area contributed by atoms with Crippen LogP contribution in [-0.2, 0) is 24.3 Å². The summed E-state index contributed by atoms with van der Waals surface area (Å²) in [7, 11) is -3.93. The number of carbonyl (C=O) groups is 2. The number of fused-ring (bicyclic) bond motifs is 1. The molecule has 1 aromatic carbocycles. The normalized spacial score (nSPS) is 33.4. The van der Waals surface area contributed by atoms with Crippen LogP contribution in [0.1, 0.15) is 18.1 Å². The van der Waals surface area contributed by atoms with Crippen molar-refractivity contribution in [2.45, 2.75) is 24.6 Å². The molecule has 158 valence electrons. The average molecular weight is 429 g/mol. The van der Waals surface area contributed by atoms with Gasteiger partial charge in [-0.2, -0.15) is 4.31 Å². The van der Waals surface area contributed by atoms with Crippen molar-refractivity contribution in [3.05, 3.63) is 35.4 Å². The van der Waals surface area contributed by atoms with Gasteiger partial charge in [0, 0.05) is 30.7 Å². The SMILES string of the molecule is CS(=O)(=O)N1C(=O)C2CN([C@H]3CO[C@H](c4cc(F)ccc4F)[C@@H](N)C3)CC2C1=O. The number of hydrogen-bond donors (Lipinski definition) is 1. The van der Waals surface area contributed by atoms with Crippen LogP contribution in [0.5, 0.6) is 0 Å². The Kier molecular flexibility index (Phi) is 4.96. The smallest absolute Gasteiger partial charge is 0.248 e. The summed E-state index contributed by atoms with van der Waals surface area (Å²) < 4.78 is 57.1. The quantitative estimate of drug-likeness (QED) is 0.674. The zero-order valence-corrected chi connectivity index (χ0v) is 16.4. The predicted molar refractivity (Wildman–Crippen MR) is 96.7 cm³/mol. The number of rotatable bonds is 3. The molecule has 0 aliphatic carbocycles. The summed E-state index contributed by atoms with van der Waals surface area (Å²) in [5.74, 6) is -4.02. The maximum atomic E-state index is 14.1. The van der Waals surface area contributed by atoms with E-state index < -0.39 is 57.5 Å². The van der Waals surface area contributed by atoms with Crippen LogP contribution in [0.15, 0.2) is 18.2 Å². The van der Waals surface area contributed by atoms with E-state index in [0.29, 0.717) is 10.7 Å². The van der Waals surface area contributed by atoms with Gasteiger partial charge in [-0.15, -0.1) is 0 Å². The van der Waals surface area contributed by atoms with Gasteiger partial charge in [0.1, 0.15) is 17.7 Å². The molecule has 3 saturated heterocycles. The molecule has 2 unspecified atom stereocenters. The van der Waals surface area contributed by atoms with E-state index in [1.807, 2.05) is 4.90 Å². The summed E-state index contributed by atoms with van der Waals surface area (Å²) in [6, 6.07) is 2.30. The van der Waals surface area contributed by atoms with Crippen molar-refractivity contribution < 1.29 is 31.5 Å². The number of sulfonamides is 1. The lowest BCUT2D eigenvalue weighted by Crippen LogP contribution is -2.50. The van der Waals surface area contributed by atoms with Crippen molar-refractivity contribution in [2.75, 3.05) is 26.0 Å². The van der Waals surface area contributed by atoms with Gasteiger partial charge in [-0.1, -0.05) is 0 Å². The Balaban J connectivity index is 1.45. The van der Waals surface area contributed by atoms with E-state index in [4.69, 9.17) is 10.5 Å². The Labute approximate surface area is 166 Å². The first-order chi connectivity index (χ1) is 13.6. The first kappa shape index (κ1) is 20.3. The lowest BCUT2D eigenvalue weighted by Gasteiger charge is -2.39. The highest BCUT2D eigenvalue weighted by molar-refractivity contribution is 7.89. The fourth-order valence-corrected chi connectivity index (χ4v) is 5.45. The Hall–Kier alpha value is -1.95. The van der Waals surface area contributed by atoms with E-state index in [9.17, 15) is 26.8 Å². The summed E-state index contributed by atoms with van der Waals surface area (Å²) in [6.07, 6.45) is 0.438. The van der Waals surface area contributed by atoms with Crippen molar-refractivity contribution in [2.24, 2.45) is 17.6 Å². The number of benzene rings is 1. The topological polar surface area (TPSA) is 110 Å². The van der Waals surface area contributed by atoms with Crippen molar-refractivity contribution >= 4 is 21.8 Å². The fraction of sp³-hybridized carbons (Fsp3) is 0.556. The third kappa shape index (κ3) is 3.45. The van der Waals surface area contributed by atoms with Gasteiger partial charge in [0.05, 0.1) is 24.7 Å². The van der Waals surface area contributed by atoms with Gasteiger partial charge in [-0.25, -0.2) is 17.2 Å². The number of imide groups is 1. The van der Waals surface area contributed by atoms with E-state index >= 15 is 0 Å². The number of nitrogens with zero attached hydrogens (tertiary/aromatic N) is 2. The predicted octanol–water partition coefficient (Wildman–Crippen LogP) is -0.00150. The molecule has 29 heavy (non-hydrogen) atoms. The van der Waals surface area contributed by atoms with E-state index in [2.05, 4.69) is 0 Å². The summed E-state index contributed by atoms with van der Waals surface area (Å²) in [5, 5.41) is 0. The van der Waals surface area contributed by atoms with Crippen molar-refractivity contribution in [3.8, 4) is 0 Å². The van der Waals surface area contributed by atoms with E-state index in [1.165, 1.54) is 0 Å². The zero-order valence-electron chi connectivity index (χ0n) is 15.6. The first-order valence-electron chi connectivity index (χ1n) is 9.22. The zero-order chi connectivity index (χ0) is 21.1. The summed E-state index contributed by atoms with van der Waals surface area (Å²) in [5.41, 5.74) is 6.23. The molecule has 4 rings (SSSR count). The number of nitrogens with two attached hydrogens (primary N) is 1. The molecule has 0 bridgehead atoms. The van der Waals surface area contributed by atoms with Crippen molar-refractivity contribution in [3.63, 3.8) is 0 Å². The van der Waals surface area contributed by atoms with Crippen LogP contribution in [-0.4, -0.2) is 67.5 Å². The summed E-state index contributed by atoms with van der Waals surface area (Å²) >= 11 is 0. The molecule has 0 radical (unpaired) electrons. The van der Waals surface area contributed by atoms with E-state index in [0.717, 1.165) is 24.5 Å². The molecule has 3 aliphatic rings. The third-order valence-corrected chi connectivity index (χ3v) is 6.92. The Morgan fingerprint density at radius 2 is 1.76 bits per heavy atom. The number of carbonyl (C=O) groups excluding carboxylic acids is 2. The number of hydrogen-bond acceptors (Lipinski definition) is 7. The second kappa shape index (κ2) is 7.08. The number of amides is 2. The van der Waals surface area contributed by atoms with Gasteiger partial charge in [-0.05, 0) is 24.6 Å². The Morgan fingerprint density at radius 1 is 1.14 bits per heavy atom. The fourth-order valence-electron chi connectivity index (χ4n) is 4.52. The lowest BCUT2D eigenvalue weighted by molar-refractivity contribution is -0.134. The largest absolute Gasteiger partial charge is 0.370 e. The van der Waals surface area contributed by atoms with E-state index in [-0.39, 0.29) is 31.3 Å². The van der Waals surface area contributed by atoms with Gasteiger partial charge < -0.3 is 10.5 Å². The van der Waals surface area contributed by atoms with Crippen LogP contribution in [0.4, 0.5) is 8.78 Å². The van der Waals surface area contributed by atoms with Crippen LogP contribution in [0.2, 0.25) is 0 Å². The molecule has 5 atom stereocenters. The minimum Gasteiger partial charge on any atom is -0.370 e. The average Bonchev–Trinajstić information content (AvgIpc) is 3.17. The number of ether oxygens (including phenoxy) is 1. The highest BCUT2D eigenvalue weighted by Gasteiger charge is 2.56. The first-order valence-corrected chi connectivity index (χ1v) is 11.1. The van der Waals surface area contributed by atoms with Gasteiger partial charge in [0.2, 0.25) is 21.8 Å². The Morgan fingerprint density at radius 3 is 2.31 bits per heavy atom. The monoisotopic (exact) mass is 429 g/mol. The lowest BCUT2D eigenvalue weighted by atomic mass is 9.93. The van der Waals surface area contributed by atoms with Crippen molar-refractivity contribution in [1.82, 2.24) is 9.21 Å². The molecule has 3 heterocycles. The van der Waals surface area contributed by atoms with Gasteiger partial charge in [0.15, 0.2) is 0 Å². The van der Waals surface area contributed by atoms with Crippen molar-refractivity contribution in [1.29, 1.82) is 0 Å². The molecule has 2 amide bonds. The number of likely N-dealkylation sites (tertiary alicyclic amines) is 1. The molecule has 2 N–H and O–H groups in total. The third-order valence-electron chi connectivity index (χ3n) is 5.90. The summed E-state index contributed by atoms with van der Waals surface area (Å²) in [6.45, 7) is 0.619. The minimum absolute atomic E-state index is 0.0587. The molecule has 3 aliphatic heterocycles. The number of halogens is 2. The maximum Gasteiger partial charge on any atom is 0.248 e. The molecule has 8 nitrogen and oxygen atoms in total. The van der Waals surface area contributed by atoms with Crippen LogP contribution in [0.25, 0.3) is 0 Å². The van der Waals surface area contributed by atoms with Gasteiger partial charge >= 0.3 is 0 Å². The molecular formula is C18H21F2N3O5S. The van der Waals surface area contributed by atoms with Gasteiger partial charge in [-0.3, -0.25) is 14.5 Å². The highest BCUT2D eigenvalue weighted by Crippen LogP contribution is 2.38. The second-order valence-corrected chi connectivity index (χ2v) is 9.68. The molecule has 11 heteroatoms. The Bertz CT molecular complexity index is 948. The summed E-state index contributed by atoms with van der Waals surface area (Å²) in [4.78, 5) is 26.7. The maximum absolute atomic E-state index is 14.1. The van der Waals surface area contributed by atoms with Crippen LogP contribution >= 0.6 is 0 Å². The second-order valence-electron chi connectivity index (χ2n) is 7.84.